The van der Waals surface area contributed by atoms with E-state index in [2.05, 4.69) is 19.7 Å². The molecule has 1 saturated heterocycles. The highest BCUT2D eigenvalue weighted by molar-refractivity contribution is 5.81. The maximum atomic E-state index is 12.5. The van der Waals surface area contributed by atoms with Crippen molar-refractivity contribution in [3.8, 4) is 0 Å². The summed E-state index contributed by atoms with van der Waals surface area (Å²) in [6.45, 7) is 2.91. The Morgan fingerprint density at radius 1 is 1.27 bits per heavy atom. The predicted octanol–water partition coefficient (Wildman–Crippen LogP) is 2.19. The number of rotatable bonds is 4. The molecule has 0 N–H and O–H groups in total. The third-order valence-corrected chi connectivity index (χ3v) is 6.34. The van der Waals surface area contributed by atoms with Crippen LogP contribution < -0.4 is 0 Å². The van der Waals surface area contributed by atoms with Gasteiger partial charge in [0.15, 0.2) is 0 Å². The molecule has 1 atom stereocenters. The fraction of sp³-hybridized carbons (Fsp3) is 0.824. The minimum absolute atomic E-state index is 0.304. The van der Waals surface area contributed by atoms with Gasteiger partial charge in [0, 0.05) is 31.5 Å². The normalized spacial score (nSPS) is 29.8. The van der Waals surface area contributed by atoms with E-state index in [1.54, 1.807) is 0 Å². The van der Waals surface area contributed by atoms with Gasteiger partial charge in [0.25, 0.3) is 0 Å². The number of likely N-dealkylation sites (tertiary alicyclic amines) is 1. The van der Waals surface area contributed by atoms with Crippen LogP contribution in [0.3, 0.4) is 0 Å². The van der Waals surface area contributed by atoms with E-state index in [4.69, 9.17) is 0 Å². The molecule has 3 aliphatic carbocycles. The molecule has 1 amide bonds. The average Bonchev–Trinajstić information content (AvgIpc) is 3.37. The van der Waals surface area contributed by atoms with Crippen molar-refractivity contribution >= 4 is 5.91 Å². The molecule has 2 heterocycles. The van der Waals surface area contributed by atoms with Crippen molar-refractivity contribution in [3.05, 3.63) is 12.2 Å². The number of hydrogen-bond acceptors (Lipinski definition) is 3. The molecular formula is C17H24N4O. The fourth-order valence-electron chi connectivity index (χ4n) is 4.47. The van der Waals surface area contributed by atoms with Crippen molar-refractivity contribution in [1.82, 2.24) is 19.7 Å². The van der Waals surface area contributed by atoms with Crippen molar-refractivity contribution < 1.29 is 4.79 Å². The Morgan fingerprint density at radius 2 is 2.09 bits per heavy atom. The zero-order chi connectivity index (χ0) is 14.7. The van der Waals surface area contributed by atoms with Crippen molar-refractivity contribution in [2.24, 2.45) is 17.3 Å². The number of carbonyl (C=O) groups excluding carboxylic acids is 1. The van der Waals surface area contributed by atoms with E-state index >= 15 is 0 Å². The molecule has 5 rings (SSSR count). The van der Waals surface area contributed by atoms with Crippen LogP contribution in [0.15, 0.2) is 6.33 Å². The summed E-state index contributed by atoms with van der Waals surface area (Å²) in [5.41, 5.74) is 0.304. The quantitative estimate of drug-likeness (QED) is 0.856. The van der Waals surface area contributed by atoms with Gasteiger partial charge in [0.05, 0.1) is 0 Å². The Balaban J connectivity index is 1.42. The highest BCUT2D eigenvalue weighted by Crippen LogP contribution is 2.56. The van der Waals surface area contributed by atoms with E-state index in [1.165, 1.54) is 32.1 Å². The van der Waals surface area contributed by atoms with Crippen LogP contribution in [0.1, 0.15) is 56.7 Å². The molecule has 4 aliphatic rings. The standard InChI is InChI=1S/C17H24N4O/c22-16(13-4-5-13)20-9-14(17(10-20)6-1-7-17)15-19-18-11-21(15)8-12-2-3-12/h11-14H,1-10H2. The Bertz CT molecular complexity index is 598. The minimum Gasteiger partial charge on any atom is -0.341 e. The monoisotopic (exact) mass is 300 g/mol. The Kier molecular flexibility index (Phi) is 2.71. The van der Waals surface area contributed by atoms with Gasteiger partial charge in [0.1, 0.15) is 12.2 Å². The van der Waals surface area contributed by atoms with Gasteiger partial charge in [-0.15, -0.1) is 10.2 Å². The first kappa shape index (κ1) is 13.1. The van der Waals surface area contributed by atoms with Crippen molar-refractivity contribution in [2.75, 3.05) is 13.1 Å². The largest absolute Gasteiger partial charge is 0.341 e. The summed E-state index contributed by atoms with van der Waals surface area (Å²) in [5.74, 6) is 3.13. The van der Waals surface area contributed by atoms with Crippen LogP contribution in [0.2, 0.25) is 0 Å². The van der Waals surface area contributed by atoms with Crippen LogP contribution in [0.4, 0.5) is 0 Å². The van der Waals surface area contributed by atoms with Crippen molar-refractivity contribution in [1.29, 1.82) is 0 Å². The lowest BCUT2D eigenvalue weighted by molar-refractivity contribution is -0.132. The van der Waals surface area contributed by atoms with Gasteiger partial charge in [-0.25, -0.2) is 0 Å². The lowest BCUT2D eigenvalue weighted by atomic mass is 9.62. The van der Waals surface area contributed by atoms with Gasteiger partial charge in [-0.3, -0.25) is 4.79 Å². The van der Waals surface area contributed by atoms with E-state index in [0.29, 0.717) is 23.2 Å². The molecule has 0 bridgehead atoms. The molecule has 118 valence electrons. The number of hydrogen-bond donors (Lipinski definition) is 0. The third-order valence-electron chi connectivity index (χ3n) is 6.34. The van der Waals surface area contributed by atoms with Gasteiger partial charge in [-0.2, -0.15) is 0 Å². The van der Waals surface area contributed by atoms with Crippen LogP contribution in [-0.2, 0) is 11.3 Å². The third kappa shape index (κ3) is 2.01. The SMILES string of the molecule is O=C(C1CC1)N1CC(c2nncn2CC2CC2)C2(CCC2)C1. The van der Waals surface area contributed by atoms with Gasteiger partial charge in [0.2, 0.25) is 5.91 Å². The van der Waals surface area contributed by atoms with Gasteiger partial charge >= 0.3 is 0 Å². The Labute approximate surface area is 131 Å². The average molecular weight is 300 g/mol. The summed E-state index contributed by atoms with van der Waals surface area (Å²) in [6, 6.07) is 0. The molecular weight excluding hydrogens is 276 g/mol. The van der Waals surface area contributed by atoms with Gasteiger partial charge in [-0.1, -0.05) is 6.42 Å². The Hall–Kier alpha value is -1.39. The fourth-order valence-corrected chi connectivity index (χ4v) is 4.47. The van der Waals surface area contributed by atoms with Crippen LogP contribution in [0.5, 0.6) is 0 Å². The first-order valence-corrected chi connectivity index (χ1v) is 8.92. The number of carbonyl (C=O) groups is 1. The van der Waals surface area contributed by atoms with Crippen molar-refractivity contribution in [2.45, 2.75) is 57.4 Å². The van der Waals surface area contributed by atoms with Crippen LogP contribution in [-0.4, -0.2) is 38.7 Å². The second-order valence-corrected chi connectivity index (χ2v) is 8.05. The predicted molar refractivity (Wildman–Crippen MR) is 81.1 cm³/mol. The highest BCUT2D eigenvalue weighted by Gasteiger charge is 2.54. The minimum atomic E-state index is 0.304. The van der Waals surface area contributed by atoms with Gasteiger partial charge < -0.3 is 9.47 Å². The summed E-state index contributed by atoms with van der Waals surface area (Å²) in [6.07, 6.45) is 10.6. The smallest absolute Gasteiger partial charge is 0.225 e. The summed E-state index contributed by atoms with van der Waals surface area (Å²) in [7, 11) is 0. The first-order valence-electron chi connectivity index (χ1n) is 8.92. The molecule has 1 aromatic heterocycles. The number of amides is 1. The summed E-state index contributed by atoms with van der Waals surface area (Å²) < 4.78 is 2.29. The van der Waals surface area contributed by atoms with Crippen LogP contribution in [0.25, 0.3) is 0 Å². The zero-order valence-corrected chi connectivity index (χ0v) is 13.1. The van der Waals surface area contributed by atoms with Crippen molar-refractivity contribution in [3.63, 3.8) is 0 Å². The van der Waals surface area contributed by atoms with Crippen LogP contribution >= 0.6 is 0 Å². The topological polar surface area (TPSA) is 51.0 Å². The van der Waals surface area contributed by atoms with E-state index in [1.807, 2.05) is 6.33 Å². The molecule has 0 radical (unpaired) electrons. The molecule has 1 unspecified atom stereocenters. The molecule has 1 spiro atoms. The molecule has 5 nitrogen and oxygen atoms in total. The van der Waals surface area contributed by atoms with E-state index < -0.39 is 0 Å². The maximum Gasteiger partial charge on any atom is 0.225 e. The lowest BCUT2D eigenvalue weighted by Crippen LogP contribution is -2.38. The second-order valence-electron chi connectivity index (χ2n) is 8.05. The summed E-state index contributed by atoms with van der Waals surface area (Å²) in [5, 5.41) is 8.68. The summed E-state index contributed by atoms with van der Waals surface area (Å²) >= 11 is 0. The second kappa shape index (κ2) is 4.56. The molecule has 0 aromatic carbocycles. The molecule has 22 heavy (non-hydrogen) atoms. The Morgan fingerprint density at radius 3 is 2.73 bits per heavy atom. The molecule has 1 aliphatic heterocycles. The molecule has 3 saturated carbocycles. The first-order chi connectivity index (χ1) is 10.8. The lowest BCUT2D eigenvalue weighted by Gasteiger charge is -2.42. The summed E-state index contributed by atoms with van der Waals surface area (Å²) in [4.78, 5) is 14.7. The van der Waals surface area contributed by atoms with Gasteiger partial charge in [-0.05, 0) is 49.9 Å². The molecule has 4 fully saturated rings. The zero-order valence-electron chi connectivity index (χ0n) is 13.1. The van der Waals surface area contributed by atoms with E-state index in [-0.39, 0.29) is 0 Å². The number of aromatic nitrogens is 3. The number of nitrogens with zero attached hydrogens (tertiary/aromatic N) is 4. The van der Waals surface area contributed by atoms with E-state index in [0.717, 1.165) is 44.2 Å². The molecule has 1 aromatic rings. The highest BCUT2D eigenvalue weighted by atomic mass is 16.2. The molecule has 5 heteroatoms. The maximum absolute atomic E-state index is 12.5. The van der Waals surface area contributed by atoms with Crippen LogP contribution in [0, 0.1) is 17.3 Å². The van der Waals surface area contributed by atoms with E-state index in [9.17, 15) is 4.79 Å².